The Labute approximate surface area is 211 Å². The van der Waals surface area contributed by atoms with Gasteiger partial charge in [0.25, 0.3) is 11.8 Å². The minimum Gasteiger partial charge on any atom is -0.381 e. The van der Waals surface area contributed by atoms with Crippen LogP contribution in [0.5, 0.6) is 0 Å². The summed E-state index contributed by atoms with van der Waals surface area (Å²) in [6.07, 6.45) is 4.60. The number of nitrogens with zero attached hydrogens (tertiary/aromatic N) is 1. The summed E-state index contributed by atoms with van der Waals surface area (Å²) in [6.45, 7) is 5.68. The molecule has 1 aliphatic heterocycles. The Hall–Kier alpha value is -3.71. The van der Waals surface area contributed by atoms with E-state index in [1.165, 1.54) is 12.4 Å². The van der Waals surface area contributed by atoms with Gasteiger partial charge >= 0.3 is 0 Å². The molecule has 0 radical (unpaired) electrons. The van der Waals surface area contributed by atoms with E-state index in [2.05, 4.69) is 22.8 Å². The van der Waals surface area contributed by atoms with Crippen molar-refractivity contribution in [2.75, 3.05) is 19.8 Å². The summed E-state index contributed by atoms with van der Waals surface area (Å²) in [6, 6.07) is 19.6. The van der Waals surface area contributed by atoms with Crippen LogP contribution in [0.15, 0.2) is 77.9 Å². The van der Waals surface area contributed by atoms with Crippen LogP contribution in [-0.2, 0) is 16.7 Å². The van der Waals surface area contributed by atoms with Gasteiger partial charge < -0.3 is 19.9 Å². The van der Waals surface area contributed by atoms with Crippen LogP contribution in [0.25, 0.3) is 0 Å². The van der Waals surface area contributed by atoms with Crippen molar-refractivity contribution in [2.45, 2.75) is 44.7 Å². The van der Waals surface area contributed by atoms with Crippen LogP contribution in [0.2, 0.25) is 0 Å². The molecule has 0 spiro atoms. The predicted molar refractivity (Wildman–Crippen MR) is 139 cm³/mol. The van der Waals surface area contributed by atoms with Gasteiger partial charge in [-0.1, -0.05) is 60.7 Å². The molecule has 188 valence electrons. The van der Waals surface area contributed by atoms with Gasteiger partial charge in [-0.2, -0.15) is 0 Å². The molecule has 36 heavy (non-hydrogen) atoms. The Kier molecular flexibility index (Phi) is 8.00. The Morgan fingerprint density at radius 2 is 1.50 bits per heavy atom. The lowest BCUT2D eigenvalue weighted by molar-refractivity contribution is 0.0487. The predicted octanol–water partition coefficient (Wildman–Crippen LogP) is 3.51. The third kappa shape index (κ3) is 5.91. The first-order valence-electron chi connectivity index (χ1n) is 12.4. The number of ether oxygens (including phenoxy) is 1. The number of carbonyl (C=O) groups excluding carboxylic acids is 2. The lowest BCUT2D eigenvalue weighted by Crippen LogP contribution is -2.45. The fraction of sp³-hybridized carbons (Fsp3) is 0.345. The van der Waals surface area contributed by atoms with E-state index in [0.29, 0.717) is 26.3 Å². The molecule has 1 aromatic heterocycles. The van der Waals surface area contributed by atoms with Crippen molar-refractivity contribution in [3.63, 3.8) is 0 Å². The second-order valence-corrected chi connectivity index (χ2v) is 9.64. The molecule has 2 heterocycles. The van der Waals surface area contributed by atoms with Crippen LogP contribution in [-0.4, -0.2) is 42.2 Å². The molecule has 1 fully saturated rings. The molecule has 3 aromatic rings. The average molecular weight is 488 g/mol. The van der Waals surface area contributed by atoms with Crippen LogP contribution in [0.3, 0.4) is 0 Å². The van der Waals surface area contributed by atoms with Gasteiger partial charge in [-0.25, -0.2) is 0 Å². The lowest BCUT2D eigenvalue weighted by Gasteiger charge is -2.38. The molecule has 2 N–H and O–H groups in total. The topological polar surface area (TPSA) is 89.4 Å². The Balaban J connectivity index is 1.64. The van der Waals surface area contributed by atoms with E-state index >= 15 is 0 Å². The van der Waals surface area contributed by atoms with E-state index in [-0.39, 0.29) is 22.6 Å². The molecule has 4 rings (SSSR count). The summed E-state index contributed by atoms with van der Waals surface area (Å²) in [4.78, 5) is 39.5. The zero-order chi connectivity index (χ0) is 25.5. The standard InChI is InChI=1S/C29H33N3O4/c1-21(2)31-28(35)25-19-32(17-22-9-5-3-6-10-22)18-24(26(25)33)27(34)30-20-29(13-15-36-16-14-29)23-11-7-4-8-12-23/h3-12,18-19,21H,13-17,20H2,1-2H3,(H,30,34)(H,31,35). The van der Waals surface area contributed by atoms with Crippen molar-refractivity contribution in [1.29, 1.82) is 0 Å². The number of benzene rings is 2. The molecule has 0 unspecified atom stereocenters. The number of hydrogen-bond acceptors (Lipinski definition) is 4. The van der Waals surface area contributed by atoms with E-state index in [4.69, 9.17) is 4.74 Å². The van der Waals surface area contributed by atoms with Crippen LogP contribution in [0, 0.1) is 0 Å². The molecule has 0 bridgehead atoms. The minimum absolute atomic E-state index is 0.0439. The van der Waals surface area contributed by atoms with Crippen molar-refractivity contribution >= 4 is 11.8 Å². The van der Waals surface area contributed by atoms with E-state index in [9.17, 15) is 14.4 Å². The summed E-state index contributed by atoms with van der Waals surface area (Å²) in [5.41, 5.74) is 1.20. The van der Waals surface area contributed by atoms with Crippen molar-refractivity contribution < 1.29 is 14.3 Å². The van der Waals surface area contributed by atoms with Crippen molar-refractivity contribution in [3.8, 4) is 0 Å². The molecule has 7 nitrogen and oxygen atoms in total. The third-order valence-electron chi connectivity index (χ3n) is 6.62. The second kappa shape index (κ2) is 11.4. The first-order valence-corrected chi connectivity index (χ1v) is 12.4. The lowest BCUT2D eigenvalue weighted by atomic mass is 9.74. The monoisotopic (exact) mass is 487 g/mol. The molecule has 2 amide bonds. The zero-order valence-electron chi connectivity index (χ0n) is 20.8. The SMILES string of the molecule is CC(C)NC(=O)c1cn(Cc2ccccc2)cc(C(=O)NCC2(c3ccccc3)CCOCC2)c1=O. The summed E-state index contributed by atoms with van der Waals surface area (Å²) in [7, 11) is 0. The van der Waals surface area contributed by atoms with E-state index < -0.39 is 17.2 Å². The molecule has 1 aliphatic rings. The maximum Gasteiger partial charge on any atom is 0.256 e. The van der Waals surface area contributed by atoms with E-state index in [1.54, 1.807) is 4.57 Å². The highest BCUT2D eigenvalue weighted by atomic mass is 16.5. The van der Waals surface area contributed by atoms with Gasteiger partial charge in [0.15, 0.2) is 0 Å². The highest BCUT2D eigenvalue weighted by molar-refractivity contribution is 5.99. The molecule has 1 saturated heterocycles. The van der Waals surface area contributed by atoms with Crippen LogP contribution >= 0.6 is 0 Å². The van der Waals surface area contributed by atoms with Gasteiger partial charge in [-0.15, -0.1) is 0 Å². The van der Waals surface area contributed by atoms with Gasteiger partial charge in [-0.05, 0) is 37.8 Å². The number of pyridine rings is 1. The number of hydrogen-bond donors (Lipinski definition) is 2. The van der Waals surface area contributed by atoms with E-state index in [1.807, 2.05) is 62.4 Å². The van der Waals surface area contributed by atoms with Gasteiger partial charge in [0.1, 0.15) is 11.1 Å². The largest absolute Gasteiger partial charge is 0.381 e. The quantitative estimate of drug-likeness (QED) is 0.509. The van der Waals surface area contributed by atoms with Crippen LogP contribution in [0.1, 0.15) is 58.5 Å². The number of amides is 2. The summed E-state index contributed by atoms with van der Waals surface area (Å²) in [5.74, 6) is -0.973. The fourth-order valence-corrected chi connectivity index (χ4v) is 4.65. The molecule has 7 heteroatoms. The summed E-state index contributed by atoms with van der Waals surface area (Å²) in [5, 5.41) is 5.78. The number of rotatable bonds is 8. The summed E-state index contributed by atoms with van der Waals surface area (Å²) >= 11 is 0. The van der Waals surface area contributed by atoms with Gasteiger partial charge in [0.2, 0.25) is 5.43 Å². The third-order valence-corrected chi connectivity index (χ3v) is 6.62. The molecule has 0 atom stereocenters. The number of nitrogens with one attached hydrogen (secondary N) is 2. The second-order valence-electron chi connectivity index (χ2n) is 9.64. The van der Waals surface area contributed by atoms with E-state index in [0.717, 1.165) is 24.0 Å². The van der Waals surface area contributed by atoms with Crippen molar-refractivity contribution in [2.24, 2.45) is 0 Å². The molecular weight excluding hydrogens is 454 g/mol. The molecular formula is C29H33N3O4. The molecule has 0 aliphatic carbocycles. The molecule has 2 aromatic carbocycles. The smallest absolute Gasteiger partial charge is 0.256 e. The van der Waals surface area contributed by atoms with Crippen LogP contribution in [0.4, 0.5) is 0 Å². The van der Waals surface area contributed by atoms with Gasteiger partial charge in [0, 0.05) is 50.2 Å². The highest BCUT2D eigenvalue weighted by Gasteiger charge is 2.35. The first-order chi connectivity index (χ1) is 17.4. The van der Waals surface area contributed by atoms with Gasteiger partial charge in [0.05, 0.1) is 0 Å². The number of aromatic nitrogens is 1. The Morgan fingerprint density at radius 3 is 2.11 bits per heavy atom. The van der Waals surface area contributed by atoms with Crippen molar-refractivity contribution in [3.05, 3.63) is 106 Å². The first kappa shape index (κ1) is 25.4. The summed E-state index contributed by atoms with van der Waals surface area (Å²) < 4.78 is 7.32. The minimum atomic E-state index is -0.573. The van der Waals surface area contributed by atoms with Gasteiger partial charge in [-0.3, -0.25) is 14.4 Å². The maximum absolute atomic E-state index is 13.4. The highest BCUT2D eigenvalue weighted by Crippen LogP contribution is 2.34. The fourth-order valence-electron chi connectivity index (χ4n) is 4.65. The molecule has 0 saturated carbocycles. The average Bonchev–Trinajstić information content (AvgIpc) is 2.89. The normalized spacial score (nSPS) is 14.9. The maximum atomic E-state index is 13.4. The van der Waals surface area contributed by atoms with Crippen molar-refractivity contribution in [1.82, 2.24) is 15.2 Å². The Morgan fingerprint density at radius 1 is 0.917 bits per heavy atom. The van der Waals surface area contributed by atoms with Crippen LogP contribution < -0.4 is 16.1 Å². The Bertz CT molecular complexity index is 1250. The zero-order valence-corrected chi connectivity index (χ0v) is 20.8. The number of carbonyl (C=O) groups is 2.